The van der Waals surface area contributed by atoms with Crippen molar-refractivity contribution in [3.63, 3.8) is 0 Å². The fraction of sp³-hybridized carbons (Fsp3) is 0.300. The fourth-order valence-electron chi connectivity index (χ4n) is 1.48. The first-order valence-electron chi connectivity index (χ1n) is 4.37. The molecule has 0 aliphatic heterocycles. The van der Waals surface area contributed by atoms with Gasteiger partial charge in [-0.15, -0.1) is 0 Å². The van der Waals surface area contributed by atoms with E-state index in [1.54, 1.807) is 6.33 Å². The van der Waals surface area contributed by atoms with E-state index < -0.39 is 0 Å². The Labute approximate surface area is 77.2 Å². The molecule has 2 aromatic rings. The third kappa shape index (κ3) is 1.31. The number of hydrogen-bond acceptors (Lipinski definition) is 2. The Morgan fingerprint density at radius 3 is 2.92 bits per heavy atom. The highest BCUT2D eigenvalue weighted by atomic mass is 15.0. The van der Waals surface area contributed by atoms with Crippen molar-refractivity contribution < 1.29 is 0 Å². The molecule has 2 rings (SSSR count). The van der Waals surface area contributed by atoms with Crippen LogP contribution in [0.4, 0.5) is 0 Å². The lowest BCUT2D eigenvalue weighted by Crippen LogP contribution is -2.05. The minimum Gasteiger partial charge on any atom is -0.323 e. The van der Waals surface area contributed by atoms with E-state index in [0.717, 1.165) is 11.2 Å². The van der Waals surface area contributed by atoms with Gasteiger partial charge in [0.05, 0.1) is 17.5 Å². The highest BCUT2D eigenvalue weighted by Gasteiger charge is 2.07. The summed E-state index contributed by atoms with van der Waals surface area (Å²) in [6.45, 7) is 4.01. The first-order valence-corrected chi connectivity index (χ1v) is 4.37. The molecule has 3 nitrogen and oxygen atoms in total. The van der Waals surface area contributed by atoms with Crippen LogP contribution in [0, 0.1) is 6.92 Å². The summed E-state index contributed by atoms with van der Waals surface area (Å²) in [7, 11) is 0. The van der Waals surface area contributed by atoms with Crippen LogP contribution in [0.5, 0.6) is 0 Å². The molecule has 2 N–H and O–H groups in total. The van der Waals surface area contributed by atoms with E-state index >= 15 is 0 Å². The van der Waals surface area contributed by atoms with Gasteiger partial charge < -0.3 is 10.1 Å². The monoisotopic (exact) mass is 175 g/mol. The molecule has 68 valence electrons. The molecule has 1 unspecified atom stereocenters. The average Bonchev–Trinajstić information content (AvgIpc) is 2.46. The first-order chi connectivity index (χ1) is 6.18. The predicted molar refractivity (Wildman–Crippen MR) is 52.5 cm³/mol. The zero-order valence-electron chi connectivity index (χ0n) is 7.86. The summed E-state index contributed by atoms with van der Waals surface area (Å²) in [4.78, 5) is 4.27. The maximum absolute atomic E-state index is 5.79. The number of aromatic nitrogens is 2. The lowest BCUT2D eigenvalue weighted by molar-refractivity contribution is 0.796. The molecule has 0 saturated carbocycles. The van der Waals surface area contributed by atoms with Gasteiger partial charge in [-0.25, -0.2) is 4.98 Å². The summed E-state index contributed by atoms with van der Waals surface area (Å²) < 4.78 is 2.01. The summed E-state index contributed by atoms with van der Waals surface area (Å²) >= 11 is 0. The van der Waals surface area contributed by atoms with E-state index in [9.17, 15) is 0 Å². The quantitative estimate of drug-likeness (QED) is 0.716. The number of nitrogens with zero attached hydrogens (tertiary/aromatic N) is 2. The summed E-state index contributed by atoms with van der Waals surface area (Å²) in [5.41, 5.74) is 9.07. The van der Waals surface area contributed by atoms with Gasteiger partial charge >= 0.3 is 0 Å². The molecule has 0 bridgehead atoms. The second-order valence-electron chi connectivity index (χ2n) is 3.42. The van der Waals surface area contributed by atoms with Crippen LogP contribution in [0.15, 0.2) is 24.7 Å². The van der Waals surface area contributed by atoms with Crippen molar-refractivity contribution >= 4 is 5.52 Å². The van der Waals surface area contributed by atoms with E-state index in [2.05, 4.69) is 24.0 Å². The number of hydrogen-bond donors (Lipinski definition) is 1. The number of nitrogens with two attached hydrogens (primary N) is 1. The molecule has 0 amide bonds. The number of pyridine rings is 1. The van der Waals surface area contributed by atoms with Crippen molar-refractivity contribution in [2.24, 2.45) is 5.73 Å². The highest BCUT2D eigenvalue weighted by Crippen LogP contribution is 2.15. The van der Waals surface area contributed by atoms with Gasteiger partial charge in [0.25, 0.3) is 0 Å². The van der Waals surface area contributed by atoms with E-state index in [1.807, 2.05) is 17.5 Å². The van der Waals surface area contributed by atoms with Crippen molar-refractivity contribution in [3.8, 4) is 0 Å². The van der Waals surface area contributed by atoms with Crippen molar-refractivity contribution in [1.82, 2.24) is 9.38 Å². The molecule has 0 aliphatic carbocycles. The van der Waals surface area contributed by atoms with Gasteiger partial charge in [0.1, 0.15) is 0 Å². The summed E-state index contributed by atoms with van der Waals surface area (Å²) in [6.07, 6.45) is 3.86. The largest absolute Gasteiger partial charge is 0.323 e. The van der Waals surface area contributed by atoms with Gasteiger partial charge in [0.15, 0.2) is 0 Å². The Hall–Kier alpha value is -1.35. The van der Waals surface area contributed by atoms with Gasteiger partial charge in [-0.1, -0.05) is 6.07 Å². The lowest BCUT2D eigenvalue weighted by atomic mass is 10.2. The molecular formula is C10H13N3. The van der Waals surface area contributed by atoms with Crippen LogP contribution >= 0.6 is 0 Å². The maximum Gasteiger partial charge on any atom is 0.0996 e. The number of imidazole rings is 1. The third-order valence-corrected chi connectivity index (χ3v) is 2.14. The molecule has 3 heteroatoms. The van der Waals surface area contributed by atoms with Gasteiger partial charge in [0, 0.05) is 12.2 Å². The zero-order valence-corrected chi connectivity index (χ0v) is 7.86. The lowest BCUT2D eigenvalue weighted by Gasteiger charge is -2.01. The molecule has 0 saturated heterocycles. The smallest absolute Gasteiger partial charge is 0.0996 e. The van der Waals surface area contributed by atoms with Crippen LogP contribution in [-0.4, -0.2) is 9.38 Å². The predicted octanol–water partition coefficient (Wildman–Crippen LogP) is 1.66. The van der Waals surface area contributed by atoms with Crippen LogP contribution in [0.25, 0.3) is 5.52 Å². The number of rotatable bonds is 1. The summed E-state index contributed by atoms with van der Waals surface area (Å²) in [6, 6.07) is 4.12. The van der Waals surface area contributed by atoms with Gasteiger partial charge in [-0.05, 0) is 25.5 Å². The molecular weight excluding hydrogens is 162 g/mol. The van der Waals surface area contributed by atoms with E-state index in [4.69, 9.17) is 5.73 Å². The molecule has 13 heavy (non-hydrogen) atoms. The molecule has 0 radical (unpaired) electrons. The molecule has 0 spiro atoms. The minimum atomic E-state index is -0.00675. The Morgan fingerprint density at radius 2 is 2.23 bits per heavy atom. The van der Waals surface area contributed by atoms with Crippen LogP contribution in [-0.2, 0) is 0 Å². The average molecular weight is 175 g/mol. The normalized spacial score (nSPS) is 13.5. The van der Waals surface area contributed by atoms with Crippen LogP contribution in [0.3, 0.4) is 0 Å². The molecule has 1 atom stereocenters. The standard InChI is InChI=1S/C10H13N3/c1-7-3-4-9-10(8(2)11)12-6-13(9)5-7/h3-6,8H,11H2,1-2H3. The second kappa shape index (κ2) is 2.85. The van der Waals surface area contributed by atoms with Crippen molar-refractivity contribution in [2.45, 2.75) is 19.9 Å². The van der Waals surface area contributed by atoms with E-state index in [0.29, 0.717) is 0 Å². The Balaban J connectivity index is 2.69. The summed E-state index contributed by atoms with van der Waals surface area (Å²) in [5.74, 6) is 0. The summed E-state index contributed by atoms with van der Waals surface area (Å²) in [5, 5.41) is 0. The Morgan fingerprint density at radius 1 is 1.46 bits per heavy atom. The van der Waals surface area contributed by atoms with E-state index in [-0.39, 0.29) is 6.04 Å². The van der Waals surface area contributed by atoms with Crippen molar-refractivity contribution in [1.29, 1.82) is 0 Å². The SMILES string of the molecule is Cc1ccc2c(C(C)N)ncn2c1. The van der Waals surface area contributed by atoms with Crippen molar-refractivity contribution in [3.05, 3.63) is 35.9 Å². The molecule has 0 aromatic carbocycles. The number of aryl methyl sites for hydroxylation is 1. The van der Waals surface area contributed by atoms with E-state index in [1.165, 1.54) is 5.56 Å². The topological polar surface area (TPSA) is 43.3 Å². The maximum atomic E-state index is 5.79. The Bertz CT molecular complexity index is 429. The molecule has 0 fully saturated rings. The van der Waals surface area contributed by atoms with Crippen LogP contribution in [0.2, 0.25) is 0 Å². The minimum absolute atomic E-state index is 0.00675. The van der Waals surface area contributed by atoms with Crippen LogP contribution in [0.1, 0.15) is 24.2 Å². The third-order valence-electron chi connectivity index (χ3n) is 2.14. The zero-order chi connectivity index (χ0) is 9.42. The highest BCUT2D eigenvalue weighted by molar-refractivity contribution is 5.53. The van der Waals surface area contributed by atoms with Gasteiger partial charge in [-0.3, -0.25) is 0 Å². The van der Waals surface area contributed by atoms with Crippen molar-refractivity contribution in [2.75, 3.05) is 0 Å². The Kier molecular flexibility index (Phi) is 1.81. The fourth-order valence-corrected chi connectivity index (χ4v) is 1.48. The second-order valence-corrected chi connectivity index (χ2v) is 3.42. The van der Waals surface area contributed by atoms with Crippen LogP contribution < -0.4 is 5.73 Å². The number of fused-ring (bicyclic) bond motifs is 1. The molecule has 2 aromatic heterocycles. The van der Waals surface area contributed by atoms with Gasteiger partial charge in [-0.2, -0.15) is 0 Å². The van der Waals surface area contributed by atoms with Gasteiger partial charge in [0.2, 0.25) is 0 Å². The molecule has 2 heterocycles. The first kappa shape index (κ1) is 8.26. The molecule has 0 aliphatic rings.